The van der Waals surface area contributed by atoms with Crippen LogP contribution in [0, 0.1) is 5.82 Å². The van der Waals surface area contributed by atoms with Gasteiger partial charge < -0.3 is 9.88 Å². The van der Waals surface area contributed by atoms with Gasteiger partial charge in [-0.2, -0.15) is 0 Å². The predicted molar refractivity (Wildman–Crippen MR) is 75.0 cm³/mol. The molecular formula is C13H16BrFN4. The van der Waals surface area contributed by atoms with Crippen LogP contribution in [0.2, 0.25) is 0 Å². The molecule has 0 unspecified atom stereocenters. The van der Waals surface area contributed by atoms with Crippen molar-refractivity contribution in [3.63, 3.8) is 0 Å². The highest BCUT2D eigenvalue weighted by Gasteiger charge is 2.12. The van der Waals surface area contributed by atoms with Crippen LogP contribution in [0.3, 0.4) is 0 Å². The monoisotopic (exact) mass is 326 g/mol. The lowest BCUT2D eigenvalue weighted by Gasteiger charge is -2.17. The summed E-state index contributed by atoms with van der Waals surface area (Å²) in [7, 11) is 1.90. The second kappa shape index (κ2) is 6.25. The molecule has 0 bridgehead atoms. The molecule has 0 fully saturated rings. The number of halogens is 2. The third-order valence-corrected chi connectivity index (χ3v) is 3.47. The summed E-state index contributed by atoms with van der Waals surface area (Å²) in [5, 5.41) is 11.2. The van der Waals surface area contributed by atoms with Gasteiger partial charge >= 0.3 is 0 Å². The number of rotatable bonds is 5. The van der Waals surface area contributed by atoms with E-state index in [1.165, 1.54) is 6.07 Å². The summed E-state index contributed by atoms with van der Waals surface area (Å²) in [6.07, 6.45) is 2.53. The highest BCUT2D eigenvalue weighted by atomic mass is 79.9. The lowest BCUT2D eigenvalue weighted by molar-refractivity contribution is 0.497. The molecule has 1 aromatic carbocycles. The first-order valence-corrected chi connectivity index (χ1v) is 6.91. The zero-order valence-electron chi connectivity index (χ0n) is 10.9. The zero-order chi connectivity index (χ0) is 13.8. The topological polar surface area (TPSA) is 42.7 Å². The minimum Gasteiger partial charge on any atom is -0.320 e. The van der Waals surface area contributed by atoms with Crippen LogP contribution in [0.25, 0.3) is 0 Å². The molecule has 19 heavy (non-hydrogen) atoms. The summed E-state index contributed by atoms with van der Waals surface area (Å²) in [6, 6.07) is 5.03. The maximum Gasteiger partial charge on any atom is 0.146 e. The normalized spacial score (nSPS) is 12.6. The van der Waals surface area contributed by atoms with E-state index >= 15 is 0 Å². The van der Waals surface area contributed by atoms with E-state index in [1.54, 1.807) is 12.4 Å². The maximum atomic E-state index is 13.4. The predicted octanol–water partition coefficient (Wildman–Crippen LogP) is 2.96. The molecule has 1 N–H and O–H groups in total. The van der Waals surface area contributed by atoms with Gasteiger partial charge in [-0.25, -0.2) is 4.39 Å². The van der Waals surface area contributed by atoms with Crippen molar-refractivity contribution in [3.8, 4) is 0 Å². The quantitative estimate of drug-likeness (QED) is 0.918. The molecular weight excluding hydrogens is 311 g/mol. The van der Waals surface area contributed by atoms with Gasteiger partial charge in [0, 0.05) is 17.6 Å². The first-order valence-electron chi connectivity index (χ1n) is 6.12. The number of hydrogen-bond donors (Lipinski definition) is 1. The molecule has 2 aromatic rings. The van der Waals surface area contributed by atoms with E-state index in [4.69, 9.17) is 0 Å². The van der Waals surface area contributed by atoms with Crippen LogP contribution < -0.4 is 5.32 Å². The van der Waals surface area contributed by atoms with E-state index in [1.807, 2.05) is 17.7 Å². The molecule has 0 saturated carbocycles. The summed E-state index contributed by atoms with van der Waals surface area (Å²) in [6.45, 7) is 2.66. The second-order valence-electron chi connectivity index (χ2n) is 4.40. The molecule has 0 aliphatic heterocycles. The average molecular weight is 327 g/mol. The first kappa shape index (κ1) is 14.1. The molecule has 4 nitrogen and oxygen atoms in total. The van der Waals surface area contributed by atoms with Gasteiger partial charge in [0.1, 0.15) is 18.0 Å². The van der Waals surface area contributed by atoms with Crippen LogP contribution >= 0.6 is 15.9 Å². The van der Waals surface area contributed by atoms with Gasteiger partial charge in [0.05, 0.1) is 6.54 Å². The Morgan fingerprint density at radius 3 is 2.79 bits per heavy atom. The Labute approximate surface area is 120 Å². The highest BCUT2D eigenvalue weighted by molar-refractivity contribution is 9.10. The van der Waals surface area contributed by atoms with E-state index in [9.17, 15) is 4.39 Å². The van der Waals surface area contributed by atoms with Crippen molar-refractivity contribution in [3.05, 3.63) is 46.2 Å². The molecule has 1 heterocycles. The standard InChI is InChI=1S/C13H16BrFN4/c1-3-12(9-4-10(14)6-11(15)5-9)16-7-13-18-17-8-19(13)2/h4-6,8,12,16H,3,7H2,1-2H3/t12-/m0/s1. The Bertz CT molecular complexity index is 535. The summed E-state index contributed by atoms with van der Waals surface area (Å²) >= 11 is 3.32. The summed E-state index contributed by atoms with van der Waals surface area (Å²) in [5.41, 5.74) is 0.927. The molecule has 0 aliphatic rings. The van der Waals surface area contributed by atoms with Crippen LogP contribution in [0.1, 0.15) is 30.8 Å². The van der Waals surface area contributed by atoms with Gasteiger partial charge in [-0.05, 0) is 30.2 Å². The van der Waals surface area contributed by atoms with Gasteiger partial charge in [-0.1, -0.05) is 22.9 Å². The Hall–Kier alpha value is -1.27. The SMILES string of the molecule is CC[C@H](NCc1nncn1C)c1cc(F)cc(Br)c1. The fourth-order valence-corrected chi connectivity index (χ4v) is 2.44. The zero-order valence-corrected chi connectivity index (χ0v) is 12.5. The lowest BCUT2D eigenvalue weighted by Crippen LogP contribution is -2.22. The van der Waals surface area contributed by atoms with Crippen LogP contribution in [-0.2, 0) is 13.6 Å². The van der Waals surface area contributed by atoms with Crippen molar-refractivity contribution in [2.45, 2.75) is 25.9 Å². The number of nitrogens with one attached hydrogen (secondary N) is 1. The molecule has 1 atom stereocenters. The van der Waals surface area contributed by atoms with E-state index in [0.29, 0.717) is 6.54 Å². The molecule has 2 rings (SSSR count). The molecule has 6 heteroatoms. The number of benzene rings is 1. The minimum atomic E-state index is -0.233. The largest absolute Gasteiger partial charge is 0.320 e. The van der Waals surface area contributed by atoms with Crippen molar-refractivity contribution >= 4 is 15.9 Å². The minimum absolute atomic E-state index is 0.0868. The van der Waals surface area contributed by atoms with Crippen molar-refractivity contribution in [1.82, 2.24) is 20.1 Å². The van der Waals surface area contributed by atoms with Gasteiger partial charge in [0.2, 0.25) is 0 Å². The molecule has 1 aromatic heterocycles. The molecule has 0 saturated heterocycles. The van der Waals surface area contributed by atoms with Crippen molar-refractivity contribution < 1.29 is 4.39 Å². The molecule has 102 valence electrons. The van der Waals surface area contributed by atoms with Crippen molar-refractivity contribution in [1.29, 1.82) is 0 Å². The maximum absolute atomic E-state index is 13.4. The number of nitrogens with zero attached hydrogens (tertiary/aromatic N) is 3. The lowest BCUT2D eigenvalue weighted by atomic mass is 10.0. The van der Waals surface area contributed by atoms with Crippen LogP contribution in [0.4, 0.5) is 4.39 Å². The van der Waals surface area contributed by atoms with E-state index in [0.717, 1.165) is 22.3 Å². The third kappa shape index (κ3) is 3.61. The van der Waals surface area contributed by atoms with Crippen LogP contribution in [0.5, 0.6) is 0 Å². The van der Waals surface area contributed by atoms with Gasteiger partial charge in [0.15, 0.2) is 0 Å². The van der Waals surface area contributed by atoms with Gasteiger partial charge in [0.25, 0.3) is 0 Å². The van der Waals surface area contributed by atoms with E-state index in [2.05, 4.69) is 38.4 Å². The summed E-state index contributed by atoms with van der Waals surface area (Å²) in [4.78, 5) is 0. The van der Waals surface area contributed by atoms with Gasteiger partial charge in [-0.15, -0.1) is 10.2 Å². The van der Waals surface area contributed by atoms with Crippen molar-refractivity contribution in [2.75, 3.05) is 0 Å². The Balaban J connectivity index is 2.09. The van der Waals surface area contributed by atoms with E-state index < -0.39 is 0 Å². The third-order valence-electron chi connectivity index (χ3n) is 3.01. The number of aryl methyl sites for hydroxylation is 1. The van der Waals surface area contributed by atoms with Gasteiger partial charge in [-0.3, -0.25) is 0 Å². The number of hydrogen-bond acceptors (Lipinski definition) is 3. The van der Waals surface area contributed by atoms with Crippen molar-refractivity contribution in [2.24, 2.45) is 7.05 Å². The average Bonchev–Trinajstić information content (AvgIpc) is 2.75. The number of aromatic nitrogens is 3. The molecule has 0 aliphatic carbocycles. The smallest absolute Gasteiger partial charge is 0.146 e. The molecule has 0 spiro atoms. The summed E-state index contributed by atoms with van der Waals surface area (Å²) in [5.74, 6) is 0.622. The second-order valence-corrected chi connectivity index (χ2v) is 5.32. The molecule has 0 amide bonds. The fraction of sp³-hybridized carbons (Fsp3) is 0.385. The Morgan fingerprint density at radius 2 is 2.21 bits per heavy atom. The van der Waals surface area contributed by atoms with E-state index in [-0.39, 0.29) is 11.9 Å². The van der Waals surface area contributed by atoms with Crippen LogP contribution in [0.15, 0.2) is 29.0 Å². The fourth-order valence-electron chi connectivity index (χ4n) is 1.96. The summed E-state index contributed by atoms with van der Waals surface area (Å²) < 4.78 is 16.0. The Kier molecular flexibility index (Phi) is 4.66. The highest BCUT2D eigenvalue weighted by Crippen LogP contribution is 2.22. The Morgan fingerprint density at radius 1 is 1.42 bits per heavy atom. The van der Waals surface area contributed by atoms with Crippen LogP contribution in [-0.4, -0.2) is 14.8 Å². The molecule has 0 radical (unpaired) electrons. The first-order chi connectivity index (χ1) is 9.10.